The Hall–Kier alpha value is -2.16. The zero-order valence-corrected chi connectivity index (χ0v) is 16.8. The predicted octanol–water partition coefficient (Wildman–Crippen LogP) is 6.11. The summed E-state index contributed by atoms with van der Waals surface area (Å²) in [6, 6.07) is 16.5. The Morgan fingerprint density at radius 1 is 0.923 bits per heavy atom. The molecule has 2 unspecified atom stereocenters. The van der Waals surface area contributed by atoms with Crippen LogP contribution < -0.4 is 14.8 Å². The van der Waals surface area contributed by atoms with E-state index in [9.17, 15) is 0 Å². The van der Waals surface area contributed by atoms with Crippen LogP contribution in [0.4, 0.5) is 5.69 Å². The Kier molecular flexibility index (Phi) is 7.83. The molecule has 142 valence electrons. The van der Waals surface area contributed by atoms with E-state index >= 15 is 0 Å². The third kappa shape index (κ3) is 6.29. The van der Waals surface area contributed by atoms with E-state index in [0.29, 0.717) is 11.8 Å². The van der Waals surface area contributed by atoms with Crippen LogP contribution in [0.3, 0.4) is 0 Å². The molecule has 0 aliphatic heterocycles. The molecule has 2 atom stereocenters. The third-order valence-corrected chi connectivity index (χ3v) is 4.42. The molecular weight excluding hydrogens is 322 g/mol. The topological polar surface area (TPSA) is 30.5 Å². The van der Waals surface area contributed by atoms with Crippen LogP contribution in [0.2, 0.25) is 0 Å². The lowest BCUT2D eigenvalue weighted by molar-refractivity contribution is 0.231. The third-order valence-electron chi connectivity index (χ3n) is 4.42. The highest BCUT2D eigenvalue weighted by atomic mass is 16.5. The van der Waals surface area contributed by atoms with Gasteiger partial charge in [-0.2, -0.15) is 0 Å². The van der Waals surface area contributed by atoms with E-state index in [-0.39, 0.29) is 6.10 Å². The average molecular weight is 356 g/mol. The fraction of sp³-hybridized carbons (Fsp3) is 0.478. The molecule has 2 aromatic carbocycles. The van der Waals surface area contributed by atoms with Gasteiger partial charge in [0, 0.05) is 5.69 Å². The second-order valence-corrected chi connectivity index (χ2v) is 7.39. The standard InChI is InChI=1S/C23H33NO2/c1-6-18(4)22-9-7-8-10-23(22)26-19(5)15-24-20-11-13-21(14-12-20)25-16-17(2)3/h7-14,17-19,24H,6,15-16H2,1-5H3. The van der Waals surface area contributed by atoms with Gasteiger partial charge in [-0.3, -0.25) is 0 Å². The van der Waals surface area contributed by atoms with Crippen LogP contribution in [0.1, 0.15) is 52.5 Å². The number of hydrogen-bond donors (Lipinski definition) is 1. The van der Waals surface area contributed by atoms with E-state index in [0.717, 1.165) is 36.8 Å². The average Bonchev–Trinajstić information content (AvgIpc) is 2.65. The molecule has 26 heavy (non-hydrogen) atoms. The van der Waals surface area contributed by atoms with E-state index in [1.165, 1.54) is 5.56 Å². The molecule has 0 saturated carbocycles. The SMILES string of the molecule is CCC(C)c1ccccc1OC(C)CNc1ccc(OCC(C)C)cc1. The minimum absolute atomic E-state index is 0.0806. The zero-order valence-electron chi connectivity index (χ0n) is 16.8. The summed E-state index contributed by atoms with van der Waals surface area (Å²) in [6.45, 7) is 12.3. The van der Waals surface area contributed by atoms with Crippen molar-refractivity contribution in [3.63, 3.8) is 0 Å². The molecule has 0 saturated heterocycles. The quantitative estimate of drug-likeness (QED) is 0.557. The molecular formula is C23H33NO2. The molecule has 0 amide bonds. The van der Waals surface area contributed by atoms with Gasteiger partial charge in [0.15, 0.2) is 0 Å². The first-order valence-corrected chi connectivity index (χ1v) is 9.71. The van der Waals surface area contributed by atoms with Crippen molar-refractivity contribution in [2.45, 2.75) is 53.1 Å². The highest BCUT2D eigenvalue weighted by molar-refractivity contribution is 5.46. The maximum absolute atomic E-state index is 6.19. The molecule has 0 spiro atoms. The van der Waals surface area contributed by atoms with Crippen molar-refractivity contribution >= 4 is 5.69 Å². The van der Waals surface area contributed by atoms with Gasteiger partial charge in [0.1, 0.15) is 17.6 Å². The lowest BCUT2D eigenvalue weighted by Crippen LogP contribution is -2.23. The van der Waals surface area contributed by atoms with Gasteiger partial charge in [-0.05, 0) is 61.1 Å². The van der Waals surface area contributed by atoms with Gasteiger partial charge in [0.25, 0.3) is 0 Å². The van der Waals surface area contributed by atoms with E-state index in [2.05, 4.69) is 70.3 Å². The van der Waals surface area contributed by atoms with Gasteiger partial charge in [0.05, 0.1) is 13.2 Å². The van der Waals surface area contributed by atoms with Crippen molar-refractivity contribution in [2.24, 2.45) is 5.92 Å². The number of rotatable bonds is 10. The molecule has 0 aliphatic rings. The first-order valence-electron chi connectivity index (χ1n) is 9.71. The van der Waals surface area contributed by atoms with Crippen molar-refractivity contribution < 1.29 is 9.47 Å². The number of anilines is 1. The van der Waals surface area contributed by atoms with Gasteiger partial charge in [0.2, 0.25) is 0 Å². The molecule has 0 aromatic heterocycles. The van der Waals surface area contributed by atoms with E-state index in [1.54, 1.807) is 0 Å². The van der Waals surface area contributed by atoms with Gasteiger partial charge >= 0.3 is 0 Å². The molecule has 2 aromatic rings. The summed E-state index contributed by atoms with van der Waals surface area (Å²) in [5, 5.41) is 3.44. The van der Waals surface area contributed by atoms with Crippen molar-refractivity contribution in [2.75, 3.05) is 18.5 Å². The van der Waals surface area contributed by atoms with Gasteiger partial charge in [-0.15, -0.1) is 0 Å². The summed E-state index contributed by atoms with van der Waals surface area (Å²) in [7, 11) is 0. The van der Waals surface area contributed by atoms with Gasteiger partial charge in [-0.25, -0.2) is 0 Å². The molecule has 0 heterocycles. The van der Waals surface area contributed by atoms with Crippen molar-refractivity contribution in [3.8, 4) is 11.5 Å². The van der Waals surface area contributed by atoms with Crippen LogP contribution in [0, 0.1) is 5.92 Å². The Morgan fingerprint density at radius 2 is 1.62 bits per heavy atom. The summed E-state index contributed by atoms with van der Waals surface area (Å²) in [5.41, 5.74) is 2.36. The molecule has 0 bridgehead atoms. The minimum atomic E-state index is 0.0806. The molecule has 2 rings (SSSR count). The number of nitrogens with one attached hydrogen (secondary N) is 1. The minimum Gasteiger partial charge on any atom is -0.493 e. The van der Waals surface area contributed by atoms with Crippen LogP contribution in [0.5, 0.6) is 11.5 Å². The number of benzene rings is 2. The Bertz CT molecular complexity index is 652. The summed E-state index contributed by atoms with van der Waals surface area (Å²) < 4.78 is 11.9. The molecule has 0 fully saturated rings. The van der Waals surface area contributed by atoms with E-state index in [1.807, 2.05) is 18.2 Å². The molecule has 0 aliphatic carbocycles. The maximum atomic E-state index is 6.19. The van der Waals surface area contributed by atoms with E-state index < -0.39 is 0 Å². The van der Waals surface area contributed by atoms with Crippen LogP contribution in [0.25, 0.3) is 0 Å². The first-order chi connectivity index (χ1) is 12.5. The Labute approximate surface area is 158 Å². The summed E-state index contributed by atoms with van der Waals surface area (Å²) in [5.74, 6) is 2.94. The number of hydrogen-bond acceptors (Lipinski definition) is 3. The van der Waals surface area contributed by atoms with Crippen LogP contribution in [-0.4, -0.2) is 19.3 Å². The normalized spacial score (nSPS) is 13.3. The second-order valence-electron chi connectivity index (χ2n) is 7.39. The number of para-hydroxylation sites is 1. The highest BCUT2D eigenvalue weighted by Crippen LogP contribution is 2.29. The fourth-order valence-electron chi connectivity index (χ4n) is 2.67. The van der Waals surface area contributed by atoms with Gasteiger partial charge in [-0.1, -0.05) is 45.9 Å². The Morgan fingerprint density at radius 3 is 2.27 bits per heavy atom. The summed E-state index contributed by atoms with van der Waals surface area (Å²) in [6.07, 6.45) is 1.19. The number of ether oxygens (including phenoxy) is 2. The maximum Gasteiger partial charge on any atom is 0.123 e. The predicted molar refractivity (Wildman–Crippen MR) is 111 cm³/mol. The van der Waals surface area contributed by atoms with Crippen molar-refractivity contribution in [1.29, 1.82) is 0 Å². The van der Waals surface area contributed by atoms with Crippen LogP contribution in [-0.2, 0) is 0 Å². The molecule has 3 heteroatoms. The summed E-state index contributed by atoms with van der Waals surface area (Å²) in [4.78, 5) is 0. The largest absolute Gasteiger partial charge is 0.493 e. The molecule has 1 N–H and O–H groups in total. The summed E-state index contributed by atoms with van der Waals surface area (Å²) >= 11 is 0. The molecule has 0 radical (unpaired) electrons. The highest BCUT2D eigenvalue weighted by Gasteiger charge is 2.12. The van der Waals surface area contributed by atoms with Crippen molar-refractivity contribution in [1.82, 2.24) is 0 Å². The monoisotopic (exact) mass is 355 g/mol. The smallest absolute Gasteiger partial charge is 0.123 e. The lowest BCUT2D eigenvalue weighted by atomic mass is 9.98. The van der Waals surface area contributed by atoms with Crippen LogP contribution >= 0.6 is 0 Å². The molecule has 3 nitrogen and oxygen atoms in total. The van der Waals surface area contributed by atoms with E-state index in [4.69, 9.17) is 9.47 Å². The lowest BCUT2D eigenvalue weighted by Gasteiger charge is -2.20. The Balaban J connectivity index is 1.86. The zero-order chi connectivity index (χ0) is 18.9. The fourth-order valence-corrected chi connectivity index (χ4v) is 2.67. The first kappa shape index (κ1) is 20.2. The van der Waals surface area contributed by atoms with Crippen molar-refractivity contribution in [3.05, 3.63) is 54.1 Å². The second kappa shape index (κ2) is 10.1. The van der Waals surface area contributed by atoms with Gasteiger partial charge < -0.3 is 14.8 Å². The van der Waals surface area contributed by atoms with Crippen LogP contribution in [0.15, 0.2) is 48.5 Å².